The van der Waals surface area contributed by atoms with Crippen molar-refractivity contribution in [2.75, 3.05) is 5.32 Å². The molecule has 0 aliphatic heterocycles. The van der Waals surface area contributed by atoms with Crippen LogP contribution in [0, 0.1) is 6.92 Å². The van der Waals surface area contributed by atoms with Gasteiger partial charge in [0.2, 0.25) is 5.95 Å². The SMILES string of the molecule is Cc1nc(-c2ccc(Cl)s2)sc1C(=O)Nc1nnc2ccccn12. The number of halogens is 1. The van der Waals surface area contributed by atoms with Crippen LogP contribution in [0.5, 0.6) is 0 Å². The van der Waals surface area contributed by atoms with Crippen LogP contribution in [0.25, 0.3) is 15.5 Å². The van der Waals surface area contributed by atoms with Crippen molar-refractivity contribution in [1.82, 2.24) is 19.6 Å². The van der Waals surface area contributed by atoms with Gasteiger partial charge in [-0.15, -0.1) is 32.9 Å². The first-order valence-corrected chi connectivity index (χ1v) is 8.97. The summed E-state index contributed by atoms with van der Waals surface area (Å²) in [6.07, 6.45) is 1.80. The fraction of sp³-hybridized carbons (Fsp3) is 0.0667. The van der Waals surface area contributed by atoms with Gasteiger partial charge in [-0.05, 0) is 31.2 Å². The number of thiophene rings is 1. The molecule has 0 saturated carbocycles. The molecule has 120 valence electrons. The monoisotopic (exact) mass is 375 g/mol. The third kappa shape index (κ3) is 2.68. The van der Waals surface area contributed by atoms with Crippen LogP contribution in [-0.2, 0) is 0 Å². The molecule has 4 aromatic heterocycles. The van der Waals surface area contributed by atoms with Gasteiger partial charge in [0.15, 0.2) is 5.65 Å². The number of carbonyl (C=O) groups excluding carboxylic acids is 1. The van der Waals surface area contributed by atoms with E-state index in [2.05, 4.69) is 20.5 Å². The van der Waals surface area contributed by atoms with Crippen molar-refractivity contribution in [3.05, 3.63) is 51.4 Å². The molecule has 24 heavy (non-hydrogen) atoms. The van der Waals surface area contributed by atoms with Gasteiger partial charge in [0.05, 0.1) is 14.9 Å². The predicted octanol–water partition coefficient (Wildman–Crippen LogP) is 4.13. The molecule has 0 bridgehead atoms. The first kappa shape index (κ1) is 15.3. The number of nitrogens with one attached hydrogen (secondary N) is 1. The summed E-state index contributed by atoms with van der Waals surface area (Å²) in [7, 11) is 0. The summed E-state index contributed by atoms with van der Waals surface area (Å²) in [5.74, 6) is 0.126. The van der Waals surface area contributed by atoms with Gasteiger partial charge in [-0.1, -0.05) is 17.7 Å². The van der Waals surface area contributed by atoms with E-state index in [9.17, 15) is 4.79 Å². The van der Waals surface area contributed by atoms with Crippen LogP contribution in [0.3, 0.4) is 0 Å². The van der Waals surface area contributed by atoms with Crippen LogP contribution in [0.15, 0.2) is 36.5 Å². The molecule has 1 N–H and O–H groups in total. The molecule has 0 aliphatic rings. The summed E-state index contributed by atoms with van der Waals surface area (Å²) < 4.78 is 2.41. The van der Waals surface area contributed by atoms with Gasteiger partial charge in [0.1, 0.15) is 9.88 Å². The molecule has 4 heterocycles. The van der Waals surface area contributed by atoms with Gasteiger partial charge >= 0.3 is 0 Å². The highest BCUT2D eigenvalue weighted by atomic mass is 35.5. The summed E-state index contributed by atoms with van der Waals surface area (Å²) in [5, 5.41) is 11.6. The van der Waals surface area contributed by atoms with Gasteiger partial charge in [0.25, 0.3) is 5.91 Å². The lowest BCUT2D eigenvalue weighted by Gasteiger charge is -2.01. The Labute approximate surface area is 149 Å². The van der Waals surface area contributed by atoms with Crippen molar-refractivity contribution < 1.29 is 4.79 Å². The van der Waals surface area contributed by atoms with Crippen LogP contribution < -0.4 is 5.32 Å². The van der Waals surface area contributed by atoms with Gasteiger partial charge in [-0.2, -0.15) is 0 Å². The molecule has 0 fully saturated rings. The lowest BCUT2D eigenvalue weighted by atomic mass is 10.4. The van der Waals surface area contributed by atoms with Gasteiger partial charge in [-0.25, -0.2) is 4.98 Å². The van der Waals surface area contributed by atoms with Gasteiger partial charge < -0.3 is 0 Å². The Bertz CT molecular complexity index is 1050. The maximum atomic E-state index is 12.6. The largest absolute Gasteiger partial charge is 0.289 e. The number of aromatic nitrogens is 4. The van der Waals surface area contributed by atoms with Crippen molar-refractivity contribution in [1.29, 1.82) is 0 Å². The van der Waals surface area contributed by atoms with E-state index in [0.29, 0.717) is 26.5 Å². The van der Waals surface area contributed by atoms with E-state index in [1.165, 1.54) is 22.7 Å². The number of hydrogen-bond donors (Lipinski definition) is 1. The molecule has 0 saturated heterocycles. The van der Waals surface area contributed by atoms with Crippen LogP contribution in [0.1, 0.15) is 15.4 Å². The summed E-state index contributed by atoms with van der Waals surface area (Å²) in [6.45, 7) is 1.81. The number of anilines is 1. The normalized spacial score (nSPS) is 11.1. The average molecular weight is 376 g/mol. The number of rotatable bonds is 3. The third-order valence-corrected chi connectivity index (χ3v) is 5.88. The second-order valence-corrected chi connectivity index (χ2v) is 7.66. The quantitative estimate of drug-likeness (QED) is 0.584. The predicted molar refractivity (Wildman–Crippen MR) is 96.1 cm³/mol. The molecule has 0 atom stereocenters. The zero-order chi connectivity index (χ0) is 16.7. The van der Waals surface area contributed by atoms with E-state index < -0.39 is 0 Å². The molecule has 0 aliphatic carbocycles. The second kappa shape index (κ2) is 5.97. The molecule has 0 spiro atoms. The van der Waals surface area contributed by atoms with E-state index in [1.807, 2.05) is 37.3 Å². The summed E-state index contributed by atoms with van der Waals surface area (Å²) in [5.41, 5.74) is 1.34. The number of thiazole rings is 1. The van der Waals surface area contributed by atoms with E-state index in [-0.39, 0.29) is 5.91 Å². The molecule has 9 heteroatoms. The zero-order valence-electron chi connectivity index (χ0n) is 12.4. The molecule has 0 unspecified atom stereocenters. The lowest BCUT2D eigenvalue weighted by Crippen LogP contribution is -2.13. The highest BCUT2D eigenvalue weighted by Gasteiger charge is 2.19. The highest BCUT2D eigenvalue weighted by molar-refractivity contribution is 7.24. The number of hydrogen-bond acceptors (Lipinski definition) is 6. The minimum Gasteiger partial charge on any atom is -0.289 e. The van der Waals surface area contributed by atoms with E-state index in [1.54, 1.807) is 10.6 Å². The van der Waals surface area contributed by atoms with E-state index in [0.717, 1.165) is 9.88 Å². The number of carbonyl (C=O) groups is 1. The number of amides is 1. The molecule has 4 aromatic rings. The molecule has 4 rings (SSSR count). The number of fused-ring (bicyclic) bond motifs is 1. The molecule has 1 amide bonds. The van der Waals surface area contributed by atoms with Crippen molar-refractivity contribution in [3.63, 3.8) is 0 Å². The van der Waals surface area contributed by atoms with E-state index in [4.69, 9.17) is 11.6 Å². The Balaban J connectivity index is 1.64. The maximum absolute atomic E-state index is 12.6. The average Bonchev–Trinajstić information content (AvgIpc) is 3.27. The molecular formula is C15H10ClN5OS2. The summed E-state index contributed by atoms with van der Waals surface area (Å²) in [6, 6.07) is 9.25. The number of pyridine rings is 1. The summed E-state index contributed by atoms with van der Waals surface area (Å²) >= 11 is 8.74. The zero-order valence-corrected chi connectivity index (χ0v) is 14.7. The Morgan fingerprint density at radius 3 is 2.88 bits per heavy atom. The van der Waals surface area contributed by atoms with Crippen molar-refractivity contribution in [2.45, 2.75) is 6.92 Å². The van der Waals surface area contributed by atoms with Crippen LogP contribution >= 0.6 is 34.3 Å². The van der Waals surface area contributed by atoms with Crippen LogP contribution in [-0.4, -0.2) is 25.5 Å². The van der Waals surface area contributed by atoms with Gasteiger partial charge in [0, 0.05) is 6.20 Å². The van der Waals surface area contributed by atoms with E-state index >= 15 is 0 Å². The molecule has 0 radical (unpaired) electrons. The maximum Gasteiger partial charge on any atom is 0.270 e. The van der Waals surface area contributed by atoms with Crippen LogP contribution in [0.4, 0.5) is 5.95 Å². The first-order chi connectivity index (χ1) is 11.6. The fourth-order valence-corrected chi connectivity index (χ4v) is 4.29. The minimum absolute atomic E-state index is 0.253. The van der Waals surface area contributed by atoms with Crippen molar-refractivity contribution in [2.24, 2.45) is 0 Å². The van der Waals surface area contributed by atoms with Crippen molar-refractivity contribution >= 4 is 51.8 Å². The minimum atomic E-state index is -0.253. The Hall–Kier alpha value is -2.29. The molecule has 0 aromatic carbocycles. The highest BCUT2D eigenvalue weighted by Crippen LogP contribution is 2.35. The third-order valence-electron chi connectivity index (χ3n) is 3.33. The first-order valence-electron chi connectivity index (χ1n) is 6.96. The Morgan fingerprint density at radius 1 is 1.21 bits per heavy atom. The van der Waals surface area contributed by atoms with Gasteiger partial charge in [-0.3, -0.25) is 14.5 Å². The Kier molecular flexibility index (Phi) is 3.79. The van der Waals surface area contributed by atoms with Crippen molar-refractivity contribution in [3.8, 4) is 9.88 Å². The molecule has 6 nitrogen and oxygen atoms in total. The smallest absolute Gasteiger partial charge is 0.270 e. The number of nitrogens with zero attached hydrogens (tertiary/aromatic N) is 4. The summed E-state index contributed by atoms with van der Waals surface area (Å²) in [4.78, 5) is 18.5. The van der Waals surface area contributed by atoms with Crippen LogP contribution in [0.2, 0.25) is 4.34 Å². The fourth-order valence-electron chi connectivity index (χ4n) is 2.23. The lowest BCUT2D eigenvalue weighted by molar-refractivity contribution is 0.102. The number of aryl methyl sites for hydroxylation is 1. The topological polar surface area (TPSA) is 72.2 Å². The Morgan fingerprint density at radius 2 is 2.08 bits per heavy atom. The second-order valence-electron chi connectivity index (χ2n) is 4.94. The standard InChI is InChI=1S/C15H10ClN5OS2/c1-8-12(24-14(17-8)9-5-6-10(16)23-9)13(22)18-15-20-19-11-4-2-3-7-21(11)15/h2-7H,1H3,(H,18,20,22). The molecular weight excluding hydrogens is 366 g/mol.